The van der Waals surface area contributed by atoms with Gasteiger partial charge < -0.3 is 0 Å². The van der Waals surface area contributed by atoms with Gasteiger partial charge in [0.15, 0.2) is 15.3 Å². The van der Waals surface area contributed by atoms with Crippen LogP contribution in [-0.4, -0.2) is 15.7 Å². The zero-order chi connectivity index (χ0) is 11.4. The van der Waals surface area contributed by atoms with Crippen LogP contribution in [0.1, 0.15) is 19.8 Å². The molecule has 0 saturated heterocycles. The Morgan fingerprint density at radius 2 is 2.25 bits per heavy atom. The van der Waals surface area contributed by atoms with Crippen LogP contribution in [0.3, 0.4) is 0 Å². The molecule has 0 aliphatic heterocycles. The summed E-state index contributed by atoms with van der Waals surface area (Å²) in [6, 6.07) is 7.86. The number of nitrogens with one attached hydrogen (secondary N) is 1. The number of aromatic nitrogens is 1. The quantitative estimate of drug-likeness (QED) is 0.834. The van der Waals surface area contributed by atoms with E-state index < -0.39 is 11.0 Å². The van der Waals surface area contributed by atoms with Crippen LogP contribution in [0.4, 0.5) is 0 Å². The Morgan fingerprint density at radius 3 is 3.00 bits per heavy atom. The van der Waals surface area contributed by atoms with Crippen molar-refractivity contribution < 1.29 is 4.21 Å². The largest absolute Gasteiger partial charge is 0.235 e. The lowest BCUT2D eigenvalue weighted by Gasteiger charge is -1.98. The number of fused-ring (bicyclic) bond motifs is 1. The third-order valence-corrected chi connectivity index (χ3v) is 4.61. The summed E-state index contributed by atoms with van der Waals surface area (Å²) in [6.07, 6.45) is 2.14. The topological polar surface area (TPSA) is 42.0 Å². The third kappa shape index (κ3) is 2.66. The predicted molar refractivity (Wildman–Crippen MR) is 68.9 cm³/mol. The molecule has 2 aromatic rings. The Bertz CT molecular complexity index is 462. The molecule has 0 radical (unpaired) electrons. The molecule has 5 heteroatoms. The van der Waals surface area contributed by atoms with E-state index in [9.17, 15) is 4.21 Å². The van der Waals surface area contributed by atoms with Gasteiger partial charge in [0, 0.05) is 6.54 Å². The highest BCUT2D eigenvalue weighted by molar-refractivity contribution is 7.85. The SMILES string of the molecule is CCCCNS(=O)c1nc2ccccc2s1. The van der Waals surface area contributed by atoms with Crippen molar-refractivity contribution in [2.75, 3.05) is 6.54 Å². The molecular weight excluding hydrogens is 240 g/mol. The third-order valence-electron chi connectivity index (χ3n) is 2.20. The van der Waals surface area contributed by atoms with E-state index in [4.69, 9.17) is 0 Å². The Morgan fingerprint density at radius 1 is 1.44 bits per heavy atom. The average molecular weight is 254 g/mol. The van der Waals surface area contributed by atoms with E-state index in [-0.39, 0.29) is 0 Å². The van der Waals surface area contributed by atoms with Crippen molar-refractivity contribution in [1.29, 1.82) is 0 Å². The number of hydrogen-bond donors (Lipinski definition) is 1. The van der Waals surface area contributed by atoms with Crippen LogP contribution in [0.2, 0.25) is 0 Å². The standard InChI is InChI=1S/C11H14N2OS2/c1-2-3-8-12-16(14)11-13-9-6-4-5-7-10(9)15-11/h4-7,12H,2-3,8H2,1H3. The van der Waals surface area contributed by atoms with Crippen molar-refractivity contribution in [1.82, 2.24) is 9.71 Å². The second-order valence-corrected chi connectivity index (χ2v) is 5.97. The van der Waals surface area contributed by atoms with Crippen LogP contribution in [-0.2, 0) is 11.0 Å². The van der Waals surface area contributed by atoms with Gasteiger partial charge in [0.25, 0.3) is 0 Å². The van der Waals surface area contributed by atoms with Crippen molar-refractivity contribution in [3.8, 4) is 0 Å². The Balaban J connectivity index is 2.11. The summed E-state index contributed by atoms with van der Waals surface area (Å²) in [6.45, 7) is 2.89. The Kier molecular flexibility index (Phi) is 4.04. The fraction of sp³-hybridized carbons (Fsp3) is 0.364. The van der Waals surface area contributed by atoms with Crippen molar-refractivity contribution >= 4 is 32.5 Å². The molecule has 0 amide bonds. The monoisotopic (exact) mass is 254 g/mol. The number of para-hydroxylation sites is 1. The van der Waals surface area contributed by atoms with E-state index in [1.54, 1.807) is 0 Å². The molecule has 3 nitrogen and oxygen atoms in total. The summed E-state index contributed by atoms with van der Waals surface area (Å²) in [4.78, 5) is 4.35. The van der Waals surface area contributed by atoms with Gasteiger partial charge in [-0.05, 0) is 18.6 Å². The van der Waals surface area contributed by atoms with Gasteiger partial charge >= 0.3 is 0 Å². The minimum absolute atomic E-state index is 0.664. The first-order valence-corrected chi connectivity index (χ1v) is 7.28. The fourth-order valence-electron chi connectivity index (χ4n) is 1.33. The molecule has 2 rings (SSSR count). The van der Waals surface area contributed by atoms with Crippen LogP contribution in [0.15, 0.2) is 28.6 Å². The Hall–Kier alpha value is -0.780. The molecule has 1 N–H and O–H groups in total. The normalized spacial score (nSPS) is 13.1. The number of hydrogen-bond acceptors (Lipinski definition) is 3. The molecule has 0 fully saturated rings. The van der Waals surface area contributed by atoms with E-state index in [0.717, 1.165) is 29.6 Å². The highest BCUT2D eigenvalue weighted by Gasteiger charge is 2.09. The summed E-state index contributed by atoms with van der Waals surface area (Å²) < 4.78 is 16.6. The van der Waals surface area contributed by atoms with Crippen molar-refractivity contribution in [3.05, 3.63) is 24.3 Å². The molecule has 0 aliphatic carbocycles. The van der Waals surface area contributed by atoms with Crippen LogP contribution in [0.5, 0.6) is 0 Å². The number of rotatable bonds is 5. The zero-order valence-corrected chi connectivity index (χ0v) is 10.7. The maximum absolute atomic E-state index is 11.8. The average Bonchev–Trinajstić information content (AvgIpc) is 2.73. The van der Waals surface area contributed by atoms with Crippen LogP contribution in [0, 0.1) is 0 Å². The smallest absolute Gasteiger partial charge is 0.197 e. The lowest BCUT2D eigenvalue weighted by Crippen LogP contribution is -2.18. The first-order valence-electron chi connectivity index (χ1n) is 5.32. The van der Waals surface area contributed by atoms with E-state index >= 15 is 0 Å². The summed E-state index contributed by atoms with van der Waals surface area (Å²) >= 11 is 1.49. The molecule has 86 valence electrons. The minimum Gasteiger partial charge on any atom is -0.235 e. The van der Waals surface area contributed by atoms with Crippen LogP contribution < -0.4 is 4.72 Å². The van der Waals surface area contributed by atoms with E-state index in [0.29, 0.717) is 4.34 Å². The van der Waals surface area contributed by atoms with Gasteiger partial charge in [-0.15, -0.1) is 11.3 Å². The molecule has 0 aliphatic rings. The Labute approximate surface area is 101 Å². The molecule has 1 aromatic carbocycles. The summed E-state index contributed by atoms with van der Waals surface area (Å²) in [5.74, 6) is 0. The summed E-state index contributed by atoms with van der Waals surface area (Å²) in [5.41, 5.74) is 0.924. The summed E-state index contributed by atoms with van der Waals surface area (Å²) in [5, 5.41) is 0. The molecular formula is C11H14N2OS2. The number of thiazole rings is 1. The van der Waals surface area contributed by atoms with E-state index in [1.807, 2.05) is 24.3 Å². The second-order valence-electron chi connectivity index (χ2n) is 3.46. The van der Waals surface area contributed by atoms with Crippen molar-refractivity contribution in [2.45, 2.75) is 24.1 Å². The summed E-state index contributed by atoms with van der Waals surface area (Å²) in [7, 11) is -1.16. The molecule has 0 bridgehead atoms. The lowest BCUT2D eigenvalue weighted by atomic mass is 10.3. The highest BCUT2D eigenvalue weighted by Crippen LogP contribution is 2.23. The minimum atomic E-state index is -1.16. The number of benzene rings is 1. The van der Waals surface area contributed by atoms with Gasteiger partial charge in [-0.3, -0.25) is 0 Å². The van der Waals surface area contributed by atoms with Gasteiger partial charge in [-0.1, -0.05) is 25.5 Å². The predicted octanol–water partition coefficient (Wildman–Crippen LogP) is 2.71. The maximum Gasteiger partial charge on any atom is 0.197 e. The molecule has 1 atom stereocenters. The van der Waals surface area contributed by atoms with Gasteiger partial charge in [0.05, 0.1) is 10.2 Å². The highest BCUT2D eigenvalue weighted by atomic mass is 32.2. The second kappa shape index (κ2) is 5.52. The lowest BCUT2D eigenvalue weighted by molar-refractivity contribution is 0.665. The molecule has 0 saturated carbocycles. The van der Waals surface area contributed by atoms with E-state index in [1.165, 1.54) is 11.3 Å². The first kappa shape index (κ1) is 11.7. The zero-order valence-electron chi connectivity index (χ0n) is 9.10. The van der Waals surface area contributed by atoms with Crippen molar-refractivity contribution in [2.24, 2.45) is 0 Å². The molecule has 1 unspecified atom stereocenters. The molecule has 16 heavy (non-hydrogen) atoms. The van der Waals surface area contributed by atoms with Gasteiger partial charge in [0.1, 0.15) is 0 Å². The van der Waals surface area contributed by atoms with Gasteiger partial charge in [-0.25, -0.2) is 13.9 Å². The van der Waals surface area contributed by atoms with Crippen LogP contribution >= 0.6 is 11.3 Å². The van der Waals surface area contributed by atoms with Crippen molar-refractivity contribution in [3.63, 3.8) is 0 Å². The fourth-order valence-corrected chi connectivity index (χ4v) is 3.41. The number of nitrogens with zero attached hydrogens (tertiary/aromatic N) is 1. The maximum atomic E-state index is 11.8. The van der Waals surface area contributed by atoms with Gasteiger partial charge in [-0.2, -0.15) is 0 Å². The molecule has 0 spiro atoms. The molecule has 1 aromatic heterocycles. The first-order chi connectivity index (χ1) is 7.81. The molecule has 1 heterocycles. The van der Waals surface area contributed by atoms with Gasteiger partial charge in [0.2, 0.25) is 0 Å². The number of unbranched alkanes of at least 4 members (excludes halogenated alkanes) is 1. The van der Waals surface area contributed by atoms with E-state index in [2.05, 4.69) is 16.6 Å². The van der Waals surface area contributed by atoms with Crippen LogP contribution in [0.25, 0.3) is 10.2 Å².